The van der Waals surface area contributed by atoms with Gasteiger partial charge in [0, 0.05) is 25.3 Å². The van der Waals surface area contributed by atoms with E-state index in [0.717, 1.165) is 43.9 Å². The summed E-state index contributed by atoms with van der Waals surface area (Å²) in [6.07, 6.45) is 2.06. The second-order valence-corrected chi connectivity index (χ2v) is 6.07. The van der Waals surface area contributed by atoms with Crippen molar-refractivity contribution in [1.82, 2.24) is 10.2 Å². The van der Waals surface area contributed by atoms with Crippen LogP contribution in [0.3, 0.4) is 0 Å². The topological polar surface area (TPSA) is 50.8 Å². The molecule has 22 heavy (non-hydrogen) atoms. The standard InChI is InChI=1S/C17H24N2O3/c1-3-21-16-11-19(2)10-14(16)18-17(20)13-6-7-15-12(9-13)5-4-8-22-15/h6-7,9,14,16H,3-5,8,10-11H2,1-2H3,(H,18,20)/t14-,16-/m0/s1. The van der Waals surface area contributed by atoms with E-state index in [0.29, 0.717) is 12.2 Å². The summed E-state index contributed by atoms with van der Waals surface area (Å²) in [5.41, 5.74) is 1.83. The molecule has 2 heterocycles. The van der Waals surface area contributed by atoms with Crippen LogP contribution < -0.4 is 10.1 Å². The summed E-state index contributed by atoms with van der Waals surface area (Å²) in [5.74, 6) is 0.883. The minimum absolute atomic E-state index is 0.0293. The lowest BCUT2D eigenvalue weighted by atomic mass is 10.0. The molecule has 1 N–H and O–H groups in total. The first kappa shape index (κ1) is 15.3. The molecule has 2 aliphatic heterocycles. The summed E-state index contributed by atoms with van der Waals surface area (Å²) in [5, 5.41) is 3.12. The predicted molar refractivity (Wildman–Crippen MR) is 84.4 cm³/mol. The van der Waals surface area contributed by atoms with Crippen LogP contribution in [0.15, 0.2) is 18.2 Å². The number of aryl methyl sites for hydroxylation is 1. The van der Waals surface area contributed by atoms with Gasteiger partial charge >= 0.3 is 0 Å². The highest BCUT2D eigenvalue weighted by Gasteiger charge is 2.32. The van der Waals surface area contributed by atoms with Gasteiger partial charge in [-0.15, -0.1) is 0 Å². The van der Waals surface area contributed by atoms with Gasteiger partial charge < -0.3 is 19.7 Å². The van der Waals surface area contributed by atoms with Gasteiger partial charge in [-0.1, -0.05) is 0 Å². The average molecular weight is 304 g/mol. The van der Waals surface area contributed by atoms with E-state index in [9.17, 15) is 4.79 Å². The number of ether oxygens (including phenoxy) is 2. The van der Waals surface area contributed by atoms with Crippen molar-refractivity contribution in [2.75, 3.05) is 33.4 Å². The molecule has 0 saturated carbocycles. The normalized spacial score (nSPS) is 24.6. The quantitative estimate of drug-likeness (QED) is 0.915. The van der Waals surface area contributed by atoms with E-state index in [1.165, 1.54) is 0 Å². The van der Waals surface area contributed by atoms with Gasteiger partial charge in [-0.3, -0.25) is 4.79 Å². The Labute approximate surface area is 131 Å². The number of hydrogen-bond donors (Lipinski definition) is 1. The van der Waals surface area contributed by atoms with Crippen molar-refractivity contribution in [2.45, 2.75) is 31.9 Å². The third kappa shape index (κ3) is 3.25. The van der Waals surface area contributed by atoms with Gasteiger partial charge in [0.2, 0.25) is 0 Å². The lowest BCUT2D eigenvalue weighted by molar-refractivity contribution is 0.0513. The average Bonchev–Trinajstić information content (AvgIpc) is 2.86. The van der Waals surface area contributed by atoms with Gasteiger partial charge in [0.1, 0.15) is 5.75 Å². The molecule has 0 aromatic heterocycles. The monoisotopic (exact) mass is 304 g/mol. The Morgan fingerprint density at radius 2 is 2.32 bits per heavy atom. The number of nitrogens with zero attached hydrogens (tertiary/aromatic N) is 1. The van der Waals surface area contributed by atoms with Crippen molar-refractivity contribution in [1.29, 1.82) is 0 Å². The lowest BCUT2D eigenvalue weighted by Gasteiger charge is -2.21. The Morgan fingerprint density at radius 1 is 1.45 bits per heavy atom. The zero-order valence-electron chi connectivity index (χ0n) is 13.3. The third-order valence-corrected chi connectivity index (χ3v) is 4.32. The number of carbonyl (C=O) groups excluding carboxylic acids is 1. The Kier molecular flexibility index (Phi) is 4.64. The fraction of sp³-hybridized carbons (Fsp3) is 0.588. The van der Waals surface area contributed by atoms with Crippen LogP contribution in [0, 0.1) is 0 Å². The number of benzene rings is 1. The van der Waals surface area contributed by atoms with Crippen LogP contribution in [0.2, 0.25) is 0 Å². The van der Waals surface area contributed by atoms with Crippen molar-refractivity contribution in [2.24, 2.45) is 0 Å². The molecule has 0 bridgehead atoms. The molecular formula is C17H24N2O3. The Bertz CT molecular complexity index is 547. The van der Waals surface area contributed by atoms with Crippen LogP contribution >= 0.6 is 0 Å². The zero-order valence-corrected chi connectivity index (χ0v) is 13.3. The molecule has 2 atom stereocenters. The van der Waals surface area contributed by atoms with Crippen LogP contribution in [0.1, 0.15) is 29.3 Å². The van der Waals surface area contributed by atoms with Crippen molar-refractivity contribution >= 4 is 5.91 Å². The van der Waals surface area contributed by atoms with E-state index < -0.39 is 0 Å². The molecule has 1 aromatic rings. The van der Waals surface area contributed by atoms with Crippen molar-refractivity contribution in [3.8, 4) is 5.75 Å². The summed E-state index contributed by atoms with van der Waals surface area (Å²) in [6.45, 7) is 5.10. The van der Waals surface area contributed by atoms with E-state index in [1.807, 2.05) is 25.1 Å². The summed E-state index contributed by atoms with van der Waals surface area (Å²) in [7, 11) is 2.05. The van der Waals surface area contributed by atoms with Gasteiger partial charge in [-0.05, 0) is 50.6 Å². The fourth-order valence-electron chi connectivity index (χ4n) is 3.24. The largest absolute Gasteiger partial charge is 0.493 e. The van der Waals surface area contributed by atoms with Crippen LogP contribution in [0.25, 0.3) is 0 Å². The third-order valence-electron chi connectivity index (χ3n) is 4.32. The lowest BCUT2D eigenvalue weighted by Crippen LogP contribution is -2.44. The minimum atomic E-state index is -0.0293. The highest BCUT2D eigenvalue weighted by Crippen LogP contribution is 2.25. The van der Waals surface area contributed by atoms with E-state index in [1.54, 1.807) is 0 Å². The first-order chi connectivity index (χ1) is 10.7. The van der Waals surface area contributed by atoms with E-state index in [-0.39, 0.29) is 18.1 Å². The second kappa shape index (κ2) is 6.67. The van der Waals surface area contributed by atoms with Gasteiger partial charge in [0.15, 0.2) is 0 Å². The minimum Gasteiger partial charge on any atom is -0.493 e. The van der Waals surface area contributed by atoms with Gasteiger partial charge in [0.05, 0.1) is 18.8 Å². The first-order valence-electron chi connectivity index (χ1n) is 8.04. The maximum Gasteiger partial charge on any atom is 0.251 e. The second-order valence-electron chi connectivity index (χ2n) is 6.07. The highest BCUT2D eigenvalue weighted by molar-refractivity contribution is 5.94. The number of fused-ring (bicyclic) bond motifs is 1. The number of nitrogens with one attached hydrogen (secondary N) is 1. The van der Waals surface area contributed by atoms with Crippen molar-refractivity contribution < 1.29 is 14.3 Å². The smallest absolute Gasteiger partial charge is 0.251 e. The van der Waals surface area contributed by atoms with Gasteiger partial charge in [-0.2, -0.15) is 0 Å². The number of rotatable bonds is 4. The number of amides is 1. The van der Waals surface area contributed by atoms with Crippen molar-refractivity contribution in [3.05, 3.63) is 29.3 Å². The molecule has 3 rings (SSSR count). The molecule has 1 amide bonds. The van der Waals surface area contributed by atoms with Gasteiger partial charge in [0.25, 0.3) is 5.91 Å². The molecular weight excluding hydrogens is 280 g/mol. The molecule has 2 aliphatic rings. The highest BCUT2D eigenvalue weighted by atomic mass is 16.5. The number of likely N-dealkylation sites (N-methyl/N-ethyl adjacent to an activating group) is 1. The molecule has 5 heteroatoms. The van der Waals surface area contributed by atoms with E-state index >= 15 is 0 Å². The molecule has 5 nitrogen and oxygen atoms in total. The van der Waals surface area contributed by atoms with Crippen LogP contribution in [0.4, 0.5) is 0 Å². The van der Waals surface area contributed by atoms with E-state index in [2.05, 4.69) is 17.3 Å². The van der Waals surface area contributed by atoms with Crippen LogP contribution in [0.5, 0.6) is 5.75 Å². The summed E-state index contributed by atoms with van der Waals surface area (Å²) in [6, 6.07) is 5.75. The molecule has 0 aliphatic carbocycles. The maximum absolute atomic E-state index is 12.5. The molecule has 0 unspecified atom stereocenters. The summed E-state index contributed by atoms with van der Waals surface area (Å²) in [4.78, 5) is 14.7. The first-order valence-corrected chi connectivity index (χ1v) is 8.04. The molecule has 1 aromatic carbocycles. The zero-order chi connectivity index (χ0) is 15.5. The Morgan fingerprint density at radius 3 is 3.14 bits per heavy atom. The number of carbonyl (C=O) groups is 1. The SMILES string of the molecule is CCO[C@H]1CN(C)C[C@@H]1NC(=O)c1ccc2c(c1)CCCO2. The van der Waals surface area contributed by atoms with Crippen molar-refractivity contribution in [3.63, 3.8) is 0 Å². The predicted octanol–water partition coefficient (Wildman–Crippen LogP) is 1.46. The molecule has 1 saturated heterocycles. The molecule has 0 radical (unpaired) electrons. The molecule has 0 spiro atoms. The number of likely N-dealkylation sites (tertiary alicyclic amines) is 1. The summed E-state index contributed by atoms with van der Waals surface area (Å²) >= 11 is 0. The maximum atomic E-state index is 12.5. The summed E-state index contributed by atoms with van der Waals surface area (Å²) < 4.78 is 11.3. The Balaban J connectivity index is 1.68. The Hall–Kier alpha value is -1.59. The fourth-order valence-corrected chi connectivity index (χ4v) is 3.24. The van der Waals surface area contributed by atoms with Crippen LogP contribution in [-0.2, 0) is 11.2 Å². The van der Waals surface area contributed by atoms with Crippen LogP contribution in [-0.4, -0.2) is 56.3 Å². The van der Waals surface area contributed by atoms with E-state index in [4.69, 9.17) is 9.47 Å². The molecule has 1 fully saturated rings. The number of hydrogen-bond acceptors (Lipinski definition) is 4. The van der Waals surface area contributed by atoms with Gasteiger partial charge in [-0.25, -0.2) is 0 Å². The molecule has 120 valence electrons.